The molecule has 0 saturated heterocycles. The van der Waals surface area contributed by atoms with Gasteiger partial charge in [-0.15, -0.1) is 0 Å². The van der Waals surface area contributed by atoms with Crippen molar-refractivity contribution in [2.45, 2.75) is 20.8 Å². The summed E-state index contributed by atoms with van der Waals surface area (Å²) in [5.74, 6) is 0.453. The molecule has 134 valence electrons. The first-order valence-electron chi connectivity index (χ1n) is 8.85. The molecule has 0 atom stereocenters. The normalized spacial score (nSPS) is 10.9. The standard InChI is InChI=1S/C23H20N2O2/c1-14-4-9-20-21(13-14)27-23(25-20)17-5-7-19(8-6-17)24-22(26)18-11-15(2)10-16(3)12-18/h4-13H,1-3H3,(H,24,26). The van der Waals surface area contributed by atoms with Gasteiger partial charge in [0.1, 0.15) is 5.52 Å². The highest BCUT2D eigenvalue weighted by Crippen LogP contribution is 2.26. The van der Waals surface area contributed by atoms with Crippen molar-refractivity contribution < 1.29 is 9.21 Å². The molecule has 0 aliphatic rings. The van der Waals surface area contributed by atoms with Gasteiger partial charge in [0.2, 0.25) is 5.89 Å². The molecule has 0 saturated carbocycles. The minimum absolute atomic E-state index is 0.119. The van der Waals surface area contributed by atoms with Crippen molar-refractivity contribution in [2.24, 2.45) is 0 Å². The first kappa shape index (κ1) is 17.0. The van der Waals surface area contributed by atoms with Crippen LogP contribution in [0, 0.1) is 20.8 Å². The van der Waals surface area contributed by atoms with Crippen LogP contribution in [0.25, 0.3) is 22.6 Å². The zero-order valence-electron chi connectivity index (χ0n) is 15.5. The Hall–Kier alpha value is -3.40. The summed E-state index contributed by atoms with van der Waals surface area (Å²) in [6, 6.07) is 19.3. The van der Waals surface area contributed by atoms with E-state index in [0.29, 0.717) is 11.5 Å². The Bertz CT molecular complexity index is 1120. The van der Waals surface area contributed by atoms with Gasteiger partial charge in [0.25, 0.3) is 5.91 Å². The molecule has 0 fully saturated rings. The lowest BCUT2D eigenvalue weighted by Crippen LogP contribution is -2.12. The summed E-state index contributed by atoms with van der Waals surface area (Å²) in [7, 11) is 0. The molecule has 4 aromatic rings. The van der Waals surface area contributed by atoms with E-state index in [1.807, 2.05) is 81.4 Å². The van der Waals surface area contributed by atoms with Gasteiger partial charge in [0, 0.05) is 16.8 Å². The first-order chi connectivity index (χ1) is 13.0. The fraction of sp³-hybridized carbons (Fsp3) is 0.130. The molecule has 0 unspecified atom stereocenters. The van der Waals surface area contributed by atoms with Crippen LogP contribution < -0.4 is 5.32 Å². The number of nitrogens with one attached hydrogen (secondary N) is 1. The quantitative estimate of drug-likeness (QED) is 0.514. The molecule has 27 heavy (non-hydrogen) atoms. The molecule has 0 aliphatic carbocycles. The third-order valence-corrected chi connectivity index (χ3v) is 4.42. The number of benzene rings is 3. The summed E-state index contributed by atoms with van der Waals surface area (Å²) in [6.07, 6.45) is 0. The Labute approximate surface area is 157 Å². The number of aryl methyl sites for hydroxylation is 3. The fourth-order valence-electron chi connectivity index (χ4n) is 3.16. The van der Waals surface area contributed by atoms with E-state index in [4.69, 9.17) is 4.42 Å². The third kappa shape index (κ3) is 3.60. The van der Waals surface area contributed by atoms with Gasteiger partial charge >= 0.3 is 0 Å². The Morgan fingerprint density at radius 2 is 1.56 bits per heavy atom. The number of oxazole rings is 1. The molecule has 1 N–H and O–H groups in total. The molecule has 1 aromatic heterocycles. The molecule has 4 nitrogen and oxygen atoms in total. The van der Waals surface area contributed by atoms with E-state index >= 15 is 0 Å². The van der Waals surface area contributed by atoms with Crippen LogP contribution in [0.1, 0.15) is 27.0 Å². The maximum Gasteiger partial charge on any atom is 0.255 e. The van der Waals surface area contributed by atoms with Crippen molar-refractivity contribution in [3.8, 4) is 11.5 Å². The third-order valence-electron chi connectivity index (χ3n) is 4.42. The lowest BCUT2D eigenvalue weighted by atomic mass is 10.1. The highest BCUT2D eigenvalue weighted by atomic mass is 16.3. The van der Waals surface area contributed by atoms with E-state index in [1.165, 1.54) is 0 Å². The smallest absolute Gasteiger partial charge is 0.255 e. The number of carbonyl (C=O) groups is 1. The molecule has 4 heteroatoms. The van der Waals surface area contributed by atoms with Crippen LogP contribution >= 0.6 is 0 Å². The Balaban J connectivity index is 1.55. The summed E-state index contributed by atoms with van der Waals surface area (Å²) < 4.78 is 5.85. The van der Waals surface area contributed by atoms with Gasteiger partial charge in [-0.05, 0) is 74.9 Å². The number of fused-ring (bicyclic) bond motifs is 1. The van der Waals surface area contributed by atoms with E-state index < -0.39 is 0 Å². The SMILES string of the molecule is Cc1cc(C)cc(C(=O)Nc2ccc(-c3nc4ccc(C)cc4o3)cc2)c1. The number of aromatic nitrogens is 1. The second kappa shape index (κ2) is 6.72. The van der Waals surface area contributed by atoms with Crippen molar-refractivity contribution in [1.29, 1.82) is 0 Å². The number of rotatable bonds is 3. The molecule has 1 heterocycles. The number of hydrogen-bond donors (Lipinski definition) is 1. The minimum atomic E-state index is -0.119. The van der Waals surface area contributed by atoms with Crippen LogP contribution in [-0.2, 0) is 0 Å². The number of amides is 1. The van der Waals surface area contributed by atoms with Gasteiger partial charge in [-0.3, -0.25) is 4.79 Å². The molecular formula is C23H20N2O2. The Morgan fingerprint density at radius 1 is 0.852 bits per heavy atom. The van der Waals surface area contributed by atoms with Gasteiger partial charge in [0.15, 0.2) is 5.58 Å². The molecule has 4 rings (SSSR count). The Morgan fingerprint density at radius 3 is 2.26 bits per heavy atom. The van der Waals surface area contributed by atoms with Gasteiger partial charge in [-0.2, -0.15) is 0 Å². The largest absolute Gasteiger partial charge is 0.436 e. The lowest BCUT2D eigenvalue weighted by Gasteiger charge is -2.07. The maximum atomic E-state index is 12.5. The van der Waals surface area contributed by atoms with Gasteiger partial charge in [0.05, 0.1) is 0 Å². The second-order valence-electron chi connectivity index (χ2n) is 6.90. The zero-order chi connectivity index (χ0) is 19.0. The first-order valence-corrected chi connectivity index (χ1v) is 8.85. The van der Waals surface area contributed by atoms with E-state index in [-0.39, 0.29) is 5.91 Å². The van der Waals surface area contributed by atoms with Gasteiger partial charge < -0.3 is 9.73 Å². The summed E-state index contributed by atoms with van der Waals surface area (Å²) in [4.78, 5) is 17.0. The van der Waals surface area contributed by atoms with Crippen LogP contribution in [0.4, 0.5) is 5.69 Å². The highest BCUT2D eigenvalue weighted by molar-refractivity contribution is 6.04. The molecule has 1 amide bonds. The second-order valence-corrected chi connectivity index (χ2v) is 6.90. The van der Waals surface area contributed by atoms with Crippen molar-refractivity contribution in [1.82, 2.24) is 4.98 Å². The number of carbonyl (C=O) groups excluding carboxylic acids is 1. The molecular weight excluding hydrogens is 336 g/mol. The van der Waals surface area contributed by atoms with Crippen molar-refractivity contribution in [2.75, 3.05) is 5.32 Å². The van der Waals surface area contributed by atoms with Gasteiger partial charge in [-0.25, -0.2) is 4.98 Å². The van der Waals surface area contributed by atoms with Crippen molar-refractivity contribution in [3.63, 3.8) is 0 Å². The molecule has 0 spiro atoms. The average molecular weight is 356 g/mol. The molecule has 0 aliphatic heterocycles. The summed E-state index contributed by atoms with van der Waals surface area (Å²) in [5, 5.41) is 2.94. The fourth-order valence-corrected chi connectivity index (χ4v) is 3.16. The predicted octanol–water partition coefficient (Wildman–Crippen LogP) is 5.67. The van der Waals surface area contributed by atoms with Crippen molar-refractivity contribution in [3.05, 3.63) is 82.9 Å². The topological polar surface area (TPSA) is 55.1 Å². The maximum absolute atomic E-state index is 12.5. The monoisotopic (exact) mass is 356 g/mol. The average Bonchev–Trinajstić information content (AvgIpc) is 3.04. The van der Waals surface area contributed by atoms with Crippen LogP contribution in [0.5, 0.6) is 0 Å². The number of anilines is 1. The number of hydrogen-bond acceptors (Lipinski definition) is 3. The lowest BCUT2D eigenvalue weighted by molar-refractivity contribution is 0.102. The van der Waals surface area contributed by atoms with Crippen LogP contribution in [0.2, 0.25) is 0 Å². The summed E-state index contributed by atoms with van der Waals surface area (Å²) in [6.45, 7) is 6.00. The van der Waals surface area contributed by atoms with E-state index in [1.54, 1.807) is 0 Å². The summed E-state index contributed by atoms with van der Waals surface area (Å²) >= 11 is 0. The van der Waals surface area contributed by atoms with Crippen LogP contribution in [0.3, 0.4) is 0 Å². The van der Waals surface area contributed by atoms with E-state index in [9.17, 15) is 4.79 Å². The van der Waals surface area contributed by atoms with Crippen LogP contribution in [0.15, 0.2) is 65.1 Å². The minimum Gasteiger partial charge on any atom is -0.436 e. The van der Waals surface area contributed by atoms with E-state index in [2.05, 4.69) is 10.3 Å². The van der Waals surface area contributed by atoms with E-state index in [0.717, 1.165) is 39.0 Å². The molecule has 0 bridgehead atoms. The highest BCUT2D eigenvalue weighted by Gasteiger charge is 2.10. The van der Waals surface area contributed by atoms with Crippen molar-refractivity contribution >= 4 is 22.7 Å². The van der Waals surface area contributed by atoms with Crippen LogP contribution in [-0.4, -0.2) is 10.9 Å². The Kier molecular flexibility index (Phi) is 4.24. The number of nitrogens with zero attached hydrogens (tertiary/aromatic N) is 1. The predicted molar refractivity (Wildman–Crippen MR) is 108 cm³/mol. The molecule has 3 aromatic carbocycles. The van der Waals surface area contributed by atoms with Gasteiger partial charge in [-0.1, -0.05) is 23.3 Å². The zero-order valence-corrected chi connectivity index (χ0v) is 15.5. The summed E-state index contributed by atoms with van der Waals surface area (Å²) in [5.41, 5.74) is 7.15. The molecule has 0 radical (unpaired) electrons.